The highest BCUT2D eigenvalue weighted by Gasteiger charge is 2.53. The van der Waals surface area contributed by atoms with Crippen molar-refractivity contribution in [2.45, 2.75) is 37.4 Å². The van der Waals surface area contributed by atoms with E-state index in [4.69, 9.17) is 21.1 Å². The lowest BCUT2D eigenvalue weighted by atomic mass is 9.75. The summed E-state index contributed by atoms with van der Waals surface area (Å²) in [4.78, 5) is 5.45. The zero-order valence-corrected chi connectivity index (χ0v) is 16.6. The molecule has 0 spiro atoms. The first kappa shape index (κ1) is 17.1. The van der Waals surface area contributed by atoms with Crippen molar-refractivity contribution in [1.29, 1.82) is 0 Å². The van der Waals surface area contributed by atoms with Gasteiger partial charge in [-0.1, -0.05) is 35.9 Å². The lowest BCUT2D eigenvalue weighted by molar-refractivity contribution is -0.00869. The van der Waals surface area contributed by atoms with Gasteiger partial charge in [0, 0.05) is 36.1 Å². The fourth-order valence-corrected chi connectivity index (χ4v) is 6.20. The highest BCUT2D eigenvalue weighted by Crippen LogP contribution is 2.48. The number of benzene rings is 2. The number of piperidine rings is 3. The molecule has 2 bridgehead atoms. The third kappa shape index (κ3) is 2.66. The van der Waals surface area contributed by atoms with E-state index in [-0.39, 0.29) is 0 Å². The molecule has 4 fully saturated rings. The summed E-state index contributed by atoms with van der Waals surface area (Å²) in [7, 11) is 0. The summed E-state index contributed by atoms with van der Waals surface area (Å²) in [6.45, 7) is 4.83. The van der Waals surface area contributed by atoms with Gasteiger partial charge in [0.2, 0.25) is 6.79 Å². The number of ether oxygens (including phenoxy) is 2. The van der Waals surface area contributed by atoms with Gasteiger partial charge < -0.3 is 9.47 Å². The molecule has 5 aliphatic heterocycles. The standard InChI is InChI=1S/C23H25ClN2O2/c24-19-4-2-1-3-17(19)12-26-13-18(16-5-6-20-21(11-16)28-14-27-20)23-22(26)15-7-9-25(23)10-8-15/h1-6,11,15,18,22-23H,7-10,12-14H2/t18-,22+,23+/m1/s1. The minimum Gasteiger partial charge on any atom is -0.454 e. The Hall–Kier alpha value is -1.75. The van der Waals surface area contributed by atoms with Gasteiger partial charge in [-0.25, -0.2) is 0 Å². The van der Waals surface area contributed by atoms with E-state index in [9.17, 15) is 0 Å². The molecule has 0 radical (unpaired) electrons. The molecule has 2 aromatic rings. The van der Waals surface area contributed by atoms with Crippen LogP contribution in [0.5, 0.6) is 11.5 Å². The molecule has 5 heteroatoms. The Bertz CT molecular complexity index is 896. The predicted octanol–water partition coefficient (Wildman–Crippen LogP) is 4.13. The first-order chi connectivity index (χ1) is 13.8. The van der Waals surface area contributed by atoms with E-state index >= 15 is 0 Å². The summed E-state index contributed by atoms with van der Waals surface area (Å²) < 4.78 is 11.2. The van der Waals surface area contributed by atoms with Crippen LogP contribution in [0.2, 0.25) is 5.02 Å². The third-order valence-electron chi connectivity index (χ3n) is 7.25. The van der Waals surface area contributed by atoms with E-state index < -0.39 is 0 Å². The van der Waals surface area contributed by atoms with Crippen LogP contribution in [0.1, 0.15) is 29.9 Å². The number of halogens is 1. The maximum Gasteiger partial charge on any atom is 0.231 e. The van der Waals surface area contributed by atoms with E-state index in [0.29, 0.717) is 24.8 Å². The van der Waals surface area contributed by atoms with E-state index in [0.717, 1.165) is 35.5 Å². The number of likely N-dealkylation sites (tertiary alicyclic amines) is 1. The van der Waals surface area contributed by atoms with E-state index in [1.165, 1.54) is 37.1 Å². The Labute approximate surface area is 171 Å². The minimum absolute atomic E-state index is 0.336. The van der Waals surface area contributed by atoms with Crippen molar-refractivity contribution < 1.29 is 9.47 Å². The second-order valence-electron chi connectivity index (χ2n) is 8.59. The van der Waals surface area contributed by atoms with Gasteiger partial charge in [0.15, 0.2) is 11.5 Å². The number of hydrogen-bond acceptors (Lipinski definition) is 4. The predicted molar refractivity (Wildman–Crippen MR) is 109 cm³/mol. The fourth-order valence-electron chi connectivity index (χ4n) is 6.00. The molecule has 0 aromatic heterocycles. The van der Waals surface area contributed by atoms with Gasteiger partial charge in [-0.3, -0.25) is 9.80 Å². The molecule has 0 amide bonds. The maximum atomic E-state index is 6.51. The lowest BCUT2D eigenvalue weighted by Gasteiger charge is -2.51. The number of rotatable bonds is 3. The van der Waals surface area contributed by atoms with Gasteiger partial charge in [-0.05, 0) is 61.2 Å². The Kier molecular flexibility index (Phi) is 4.07. The molecular formula is C23H25ClN2O2. The Morgan fingerprint density at radius 1 is 0.964 bits per heavy atom. The van der Waals surface area contributed by atoms with E-state index in [2.05, 4.69) is 40.1 Å². The van der Waals surface area contributed by atoms with Gasteiger partial charge in [-0.2, -0.15) is 0 Å². The molecule has 2 aromatic carbocycles. The lowest BCUT2D eigenvalue weighted by Crippen LogP contribution is -2.59. The minimum atomic E-state index is 0.336. The molecule has 4 saturated heterocycles. The van der Waals surface area contributed by atoms with Crippen LogP contribution in [-0.2, 0) is 6.54 Å². The second kappa shape index (κ2) is 6.65. The molecule has 0 saturated carbocycles. The fraction of sp³-hybridized carbons (Fsp3) is 0.478. The monoisotopic (exact) mass is 396 g/mol. The van der Waals surface area contributed by atoms with Crippen molar-refractivity contribution in [3.05, 3.63) is 58.6 Å². The molecule has 5 aliphatic rings. The largest absolute Gasteiger partial charge is 0.454 e. The maximum absolute atomic E-state index is 6.51. The highest BCUT2D eigenvalue weighted by atomic mass is 35.5. The second-order valence-corrected chi connectivity index (χ2v) is 9.00. The van der Waals surface area contributed by atoms with Crippen LogP contribution in [0.25, 0.3) is 0 Å². The number of hydrogen-bond donors (Lipinski definition) is 0. The van der Waals surface area contributed by atoms with E-state index in [1.54, 1.807) is 0 Å². The number of fused-ring (bicyclic) bond motifs is 3. The quantitative estimate of drug-likeness (QED) is 0.778. The summed E-state index contributed by atoms with van der Waals surface area (Å²) in [5.41, 5.74) is 2.62. The third-order valence-corrected chi connectivity index (χ3v) is 7.62. The number of nitrogens with zero attached hydrogens (tertiary/aromatic N) is 2. The van der Waals surface area contributed by atoms with Crippen LogP contribution in [-0.4, -0.2) is 48.3 Å². The van der Waals surface area contributed by atoms with Gasteiger partial charge in [0.25, 0.3) is 0 Å². The van der Waals surface area contributed by atoms with Gasteiger partial charge >= 0.3 is 0 Å². The SMILES string of the molecule is Clc1ccccc1CN1C[C@H](c2ccc3c(c2)OCO3)[C@H]2[C@@H]1C1CCN2CC1. The van der Waals surface area contributed by atoms with Crippen molar-refractivity contribution in [3.63, 3.8) is 0 Å². The Balaban J connectivity index is 1.35. The van der Waals surface area contributed by atoms with Crippen LogP contribution in [0, 0.1) is 5.92 Å². The summed E-state index contributed by atoms with van der Waals surface area (Å²) >= 11 is 6.51. The van der Waals surface area contributed by atoms with Crippen LogP contribution in [0.15, 0.2) is 42.5 Å². The first-order valence-corrected chi connectivity index (χ1v) is 10.8. The summed E-state index contributed by atoms with van der Waals surface area (Å²) in [6, 6.07) is 16.1. The molecule has 3 atom stereocenters. The molecule has 0 unspecified atom stereocenters. The Morgan fingerprint density at radius 2 is 1.79 bits per heavy atom. The van der Waals surface area contributed by atoms with Crippen molar-refractivity contribution in [1.82, 2.24) is 9.80 Å². The zero-order chi connectivity index (χ0) is 18.7. The molecule has 4 nitrogen and oxygen atoms in total. The van der Waals surface area contributed by atoms with Crippen molar-refractivity contribution in [3.8, 4) is 11.5 Å². The summed E-state index contributed by atoms with van der Waals surface area (Å²) in [5.74, 6) is 3.08. The smallest absolute Gasteiger partial charge is 0.231 e. The van der Waals surface area contributed by atoms with Crippen LogP contribution in [0.3, 0.4) is 0 Å². The van der Waals surface area contributed by atoms with Gasteiger partial charge in [0.05, 0.1) is 0 Å². The summed E-state index contributed by atoms with van der Waals surface area (Å²) in [5, 5.41) is 0.881. The van der Waals surface area contributed by atoms with Crippen LogP contribution < -0.4 is 9.47 Å². The average Bonchev–Trinajstić information content (AvgIpc) is 3.36. The topological polar surface area (TPSA) is 24.9 Å². The molecule has 5 heterocycles. The average molecular weight is 397 g/mol. The van der Waals surface area contributed by atoms with Crippen LogP contribution in [0.4, 0.5) is 0 Å². The zero-order valence-electron chi connectivity index (χ0n) is 15.9. The molecule has 7 rings (SSSR count). The van der Waals surface area contributed by atoms with Gasteiger partial charge in [-0.15, -0.1) is 0 Å². The normalized spacial score (nSPS) is 33.2. The molecular weight excluding hydrogens is 372 g/mol. The van der Waals surface area contributed by atoms with E-state index in [1.807, 2.05) is 12.1 Å². The molecule has 0 aliphatic carbocycles. The molecule has 28 heavy (non-hydrogen) atoms. The Morgan fingerprint density at radius 3 is 2.64 bits per heavy atom. The van der Waals surface area contributed by atoms with Crippen molar-refractivity contribution in [2.24, 2.45) is 5.92 Å². The van der Waals surface area contributed by atoms with Gasteiger partial charge in [0.1, 0.15) is 0 Å². The van der Waals surface area contributed by atoms with Crippen LogP contribution >= 0.6 is 11.6 Å². The molecule has 0 N–H and O–H groups in total. The van der Waals surface area contributed by atoms with Crippen molar-refractivity contribution in [2.75, 3.05) is 26.4 Å². The highest BCUT2D eigenvalue weighted by molar-refractivity contribution is 6.31. The molecule has 146 valence electrons. The summed E-state index contributed by atoms with van der Waals surface area (Å²) in [6.07, 6.45) is 2.65. The first-order valence-electron chi connectivity index (χ1n) is 10.4. The van der Waals surface area contributed by atoms with Crippen molar-refractivity contribution >= 4 is 11.6 Å².